The van der Waals surface area contributed by atoms with Crippen LogP contribution in [0.1, 0.15) is 16.3 Å². The molecule has 0 radical (unpaired) electrons. The highest BCUT2D eigenvalue weighted by Gasteiger charge is 2.10. The molecule has 2 aromatic carbocycles. The molecule has 1 N–H and O–H groups in total. The summed E-state index contributed by atoms with van der Waals surface area (Å²) in [6, 6.07) is 13.9. The molecule has 3 nitrogen and oxygen atoms in total. The number of nitrogens with one attached hydrogen (secondary N) is 1. The SMILES string of the molecule is O=C(Cc1csc(Cc2ccccc2)n1)Nc1ccc(F)cc1Cl. The largest absolute Gasteiger partial charge is 0.324 e. The van der Waals surface area contributed by atoms with E-state index in [4.69, 9.17) is 11.6 Å². The fraction of sp³-hybridized carbons (Fsp3) is 0.111. The van der Waals surface area contributed by atoms with Crippen molar-refractivity contribution in [3.05, 3.63) is 81.0 Å². The molecule has 3 aromatic rings. The van der Waals surface area contributed by atoms with Crippen LogP contribution in [0.25, 0.3) is 0 Å². The minimum Gasteiger partial charge on any atom is -0.324 e. The fourth-order valence-electron chi connectivity index (χ4n) is 2.23. The molecule has 6 heteroatoms. The minimum absolute atomic E-state index is 0.152. The molecule has 122 valence electrons. The van der Waals surface area contributed by atoms with Gasteiger partial charge in [0.25, 0.3) is 0 Å². The molecule has 1 aromatic heterocycles. The highest BCUT2D eigenvalue weighted by molar-refractivity contribution is 7.09. The van der Waals surface area contributed by atoms with E-state index >= 15 is 0 Å². The summed E-state index contributed by atoms with van der Waals surface area (Å²) < 4.78 is 13.0. The van der Waals surface area contributed by atoms with E-state index < -0.39 is 5.82 Å². The number of halogens is 2. The molecule has 0 aliphatic heterocycles. The van der Waals surface area contributed by atoms with Gasteiger partial charge in [0.15, 0.2) is 0 Å². The molecule has 0 saturated heterocycles. The normalized spacial score (nSPS) is 10.6. The summed E-state index contributed by atoms with van der Waals surface area (Å²) in [4.78, 5) is 16.6. The summed E-state index contributed by atoms with van der Waals surface area (Å²) in [7, 11) is 0. The van der Waals surface area contributed by atoms with Crippen molar-refractivity contribution in [3.63, 3.8) is 0 Å². The highest BCUT2D eigenvalue weighted by Crippen LogP contribution is 2.23. The second-order valence-electron chi connectivity index (χ2n) is 5.24. The number of thiazole rings is 1. The molecule has 0 atom stereocenters. The minimum atomic E-state index is -0.442. The Morgan fingerprint density at radius 2 is 2.00 bits per heavy atom. The first-order valence-corrected chi connectivity index (χ1v) is 8.58. The van der Waals surface area contributed by atoms with Crippen molar-refractivity contribution < 1.29 is 9.18 Å². The molecule has 24 heavy (non-hydrogen) atoms. The number of carbonyl (C=O) groups excluding carboxylic acids is 1. The molecule has 1 heterocycles. The first-order valence-electron chi connectivity index (χ1n) is 7.32. The van der Waals surface area contributed by atoms with Crippen LogP contribution >= 0.6 is 22.9 Å². The zero-order valence-corrected chi connectivity index (χ0v) is 14.2. The number of hydrogen-bond donors (Lipinski definition) is 1. The van der Waals surface area contributed by atoms with Gasteiger partial charge in [-0.15, -0.1) is 11.3 Å². The lowest BCUT2D eigenvalue weighted by molar-refractivity contribution is -0.115. The maximum atomic E-state index is 13.0. The van der Waals surface area contributed by atoms with Crippen molar-refractivity contribution in [1.82, 2.24) is 4.98 Å². The van der Waals surface area contributed by atoms with Gasteiger partial charge in [-0.3, -0.25) is 4.79 Å². The van der Waals surface area contributed by atoms with Gasteiger partial charge >= 0.3 is 0 Å². The topological polar surface area (TPSA) is 42.0 Å². The average Bonchev–Trinajstić information content (AvgIpc) is 2.98. The Morgan fingerprint density at radius 1 is 1.21 bits per heavy atom. The molecule has 1 amide bonds. The standard InChI is InChI=1S/C18H14ClFN2OS/c19-15-9-13(20)6-7-16(15)22-17(23)10-14-11-24-18(21-14)8-12-4-2-1-3-5-12/h1-7,9,11H,8,10H2,(H,22,23). The van der Waals surface area contributed by atoms with Crippen LogP contribution in [0.3, 0.4) is 0 Å². The number of nitrogens with zero attached hydrogens (tertiary/aromatic N) is 1. The molecular formula is C18H14ClFN2OS. The van der Waals surface area contributed by atoms with E-state index in [0.717, 1.165) is 17.5 Å². The van der Waals surface area contributed by atoms with E-state index in [-0.39, 0.29) is 17.4 Å². The van der Waals surface area contributed by atoms with Gasteiger partial charge in [-0.2, -0.15) is 0 Å². The Morgan fingerprint density at radius 3 is 2.75 bits per heavy atom. The maximum Gasteiger partial charge on any atom is 0.230 e. The molecule has 0 saturated carbocycles. The first kappa shape index (κ1) is 16.6. The predicted molar refractivity (Wildman–Crippen MR) is 95.1 cm³/mol. The van der Waals surface area contributed by atoms with Gasteiger partial charge in [-0.1, -0.05) is 41.9 Å². The first-order chi connectivity index (χ1) is 11.6. The van der Waals surface area contributed by atoms with Gasteiger partial charge in [0, 0.05) is 11.8 Å². The number of rotatable bonds is 5. The monoisotopic (exact) mass is 360 g/mol. The van der Waals surface area contributed by atoms with Gasteiger partial charge in [-0.25, -0.2) is 9.37 Å². The van der Waals surface area contributed by atoms with Crippen molar-refractivity contribution in [1.29, 1.82) is 0 Å². The summed E-state index contributed by atoms with van der Waals surface area (Å²) in [5.74, 6) is -0.678. The Labute approximate surface area is 148 Å². The van der Waals surface area contributed by atoms with Gasteiger partial charge in [0.1, 0.15) is 5.82 Å². The summed E-state index contributed by atoms with van der Waals surface area (Å²) in [6.45, 7) is 0. The van der Waals surface area contributed by atoms with Crippen LogP contribution in [-0.2, 0) is 17.6 Å². The molecule has 0 unspecified atom stereocenters. The zero-order valence-electron chi connectivity index (χ0n) is 12.6. The molecule has 0 aliphatic rings. The number of carbonyl (C=O) groups is 1. The van der Waals surface area contributed by atoms with Crippen molar-refractivity contribution in [3.8, 4) is 0 Å². The third kappa shape index (κ3) is 4.40. The third-order valence-electron chi connectivity index (χ3n) is 3.34. The van der Waals surface area contributed by atoms with E-state index in [0.29, 0.717) is 11.4 Å². The molecular weight excluding hydrogens is 347 g/mol. The maximum absolute atomic E-state index is 13.0. The van der Waals surface area contributed by atoms with E-state index in [9.17, 15) is 9.18 Å². The van der Waals surface area contributed by atoms with Gasteiger partial charge in [0.05, 0.1) is 27.8 Å². The van der Waals surface area contributed by atoms with E-state index in [1.807, 2.05) is 35.7 Å². The number of anilines is 1. The van der Waals surface area contributed by atoms with Crippen LogP contribution in [-0.4, -0.2) is 10.9 Å². The van der Waals surface area contributed by atoms with Gasteiger partial charge in [0.2, 0.25) is 5.91 Å². The van der Waals surface area contributed by atoms with Crippen LogP contribution in [0.15, 0.2) is 53.9 Å². The van der Waals surface area contributed by atoms with Crippen LogP contribution in [0.4, 0.5) is 10.1 Å². The van der Waals surface area contributed by atoms with Crippen LogP contribution in [0.5, 0.6) is 0 Å². The Kier molecular flexibility index (Phi) is 5.23. The smallest absolute Gasteiger partial charge is 0.230 e. The van der Waals surface area contributed by atoms with Gasteiger partial charge < -0.3 is 5.32 Å². The molecule has 0 fully saturated rings. The fourth-order valence-corrected chi connectivity index (χ4v) is 3.27. The van der Waals surface area contributed by atoms with Crippen LogP contribution < -0.4 is 5.32 Å². The third-order valence-corrected chi connectivity index (χ3v) is 4.55. The Hall–Kier alpha value is -2.24. The summed E-state index contributed by atoms with van der Waals surface area (Å²) in [5.41, 5.74) is 2.28. The summed E-state index contributed by atoms with van der Waals surface area (Å²) in [6.07, 6.45) is 0.899. The number of benzene rings is 2. The Balaban J connectivity index is 1.61. The van der Waals surface area contributed by atoms with Crippen molar-refractivity contribution in [2.45, 2.75) is 12.8 Å². The summed E-state index contributed by atoms with van der Waals surface area (Å²) >= 11 is 7.43. The number of aromatic nitrogens is 1. The lowest BCUT2D eigenvalue weighted by Crippen LogP contribution is -2.15. The quantitative estimate of drug-likeness (QED) is 0.716. The molecule has 0 aliphatic carbocycles. The van der Waals surface area contributed by atoms with E-state index in [2.05, 4.69) is 10.3 Å². The predicted octanol–water partition coefficient (Wildman–Crippen LogP) is 4.71. The second-order valence-corrected chi connectivity index (χ2v) is 6.59. The number of hydrogen-bond acceptors (Lipinski definition) is 3. The zero-order chi connectivity index (χ0) is 16.9. The molecule has 0 bridgehead atoms. The lowest BCUT2D eigenvalue weighted by Gasteiger charge is -2.06. The Bertz CT molecular complexity index is 851. The number of amides is 1. The van der Waals surface area contributed by atoms with E-state index in [1.165, 1.54) is 29.0 Å². The van der Waals surface area contributed by atoms with Gasteiger partial charge in [-0.05, 0) is 23.8 Å². The van der Waals surface area contributed by atoms with E-state index in [1.54, 1.807) is 0 Å². The van der Waals surface area contributed by atoms with Crippen LogP contribution in [0, 0.1) is 5.82 Å². The van der Waals surface area contributed by atoms with Crippen LogP contribution in [0.2, 0.25) is 5.02 Å². The highest BCUT2D eigenvalue weighted by atomic mass is 35.5. The summed E-state index contributed by atoms with van der Waals surface area (Å²) in [5, 5.41) is 5.69. The van der Waals surface area contributed by atoms with Crippen molar-refractivity contribution in [2.75, 3.05) is 5.32 Å². The van der Waals surface area contributed by atoms with Crippen molar-refractivity contribution in [2.24, 2.45) is 0 Å². The van der Waals surface area contributed by atoms with Crippen molar-refractivity contribution >= 4 is 34.5 Å². The average molecular weight is 361 g/mol. The molecule has 3 rings (SSSR count). The second kappa shape index (κ2) is 7.55. The molecule has 0 spiro atoms. The lowest BCUT2D eigenvalue weighted by atomic mass is 10.2.